The summed E-state index contributed by atoms with van der Waals surface area (Å²) in [7, 11) is 1.60. The van der Waals surface area contributed by atoms with E-state index in [0.29, 0.717) is 29.3 Å². The third-order valence-electron chi connectivity index (χ3n) is 5.67. The van der Waals surface area contributed by atoms with Gasteiger partial charge in [0, 0.05) is 24.1 Å². The van der Waals surface area contributed by atoms with E-state index < -0.39 is 5.54 Å². The van der Waals surface area contributed by atoms with Crippen molar-refractivity contribution in [2.45, 2.75) is 44.6 Å². The minimum atomic E-state index is -1.09. The summed E-state index contributed by atoms with van der Waals surface area (Å²) in [6.45, 7) is 1.63. The van der Waals surface area contributed by atoms with Crippen LogP contribution in [0.4, 0.5) is 0 Å². The molecule has 0 radical (unpaired) electrons. The number of carbonyl (C=O) groups is 3. The smallest absolute Gasteiger partial charge is 0.309 e. The van der Waals surface area contributed by atoms with E-state index in [4.69, 9.17) is 16.3 Å². The number of carbonyl (C=O) groups excluding carboxylic acids is 3. The third kappa shape index (κ3) is 3.37. The van der Waals surface area contributed by atoms with Crippen molar-refractivity contribution < 1.29 is 19.1 Å². The third-order valence-corrected chi connectivity index (χ3v) is 6.00. The fourth-order valence-corrected chi connectivity index (χ4v) is 4.12. The number of hydrogen-bond acceptors (Lipinski definition) is 4. The Morgan fingerprint density at radius 3 is 2.62 bits per heavy atom. The van der Waals surface area contributed by atoms with Crippen LogP contribution in [0.3, 0.4) is 0 Å². The highest BCUT2D eigenvalue weighted by Gasteiger charge is 2.48. The summed E-state index contributed by atoms with van der Waals surface area (Å²) >= 11 is 6.38. The number of halogens is 1. The summed E-state index contributed by atoms with van der Waals surface area (Å²) in [4.78, 5) is 39.1. The fraction of sp³-hybridized carbons (Fsp3) is 0.550. The van der Waals surface area contributed by atoms with Gasteiger partial charge in [0.2, 0.25) is 0 Å². The Morgan fingerprint density at radius 2 is 2.00 bits per heavy atom. The molecule has 3 rings (SSSR count). The lowest BCUT2D eigenvalue weighted by Gasteiger charge is -2.43. The first-order chi connectivity index (χ1) is 12.4. The summed E-state index contributed by atoms with van der Waals surface area (Å²) in [5, 5.41) is 0.464. The molecule has 2 aliphatic carbocycles. The van der Waals surface area contributed by atoms with Crippen LogP contribution in [0.2, 0.25) is 5.02 Å². The number of ketones is 1. The van der Waals surface area contributed by atoms with Gasteiger partial charge in [0.25, 0.3) is 5.91 Å². The molecule has 0 heterocycles. The number of rotatable bonds is 5. The van der Waals surface area contributed by atoms with Gasteiger partial charge in [-0.15, -0.1) is 0 Å². The second-order valence-electron chi connectivity index (χ2n) is 7.35. The number of ether oxygens (including phenoxy) is 1. The molecule has 1 aromatic carbocycles. The van der Waals surface area contributed by atoms with Crippen molar-refractivity contribution in [2.24, 2.45) is 11.8 Å². The minimum Gasteiger partial charge on any atom is -0.455 e. The molecular weight excluding hydrogens is 354 g/mol. The zero-order valence-electron chi connectivity index (χ0n) is 15.2. The van der Waals surface area contributed by atoms with Crippen LogP contribution < -0.4 is 0 Å². The van der Waals surface area contributed by atoms with Crippen LogP contribution in [0, 0.1) is 11.8 Å². The summed E-state index contributed by atoms with van der Waals surface area (Å²) in [6, 6.07) is 7.14. The quantitative estimate of drug-likeness (QED) is 0.738. The summed E-state index contributed by atoms with van der Waals surface area (Å²) in [6.07, 6.45) is 3.37. The van der Waals surface area contributed by atoms with Crippen molar-refractivity contribution in [3.8, 4) is 0 Å². The Balaban J connectivity index is 1.82. The normalized spacial score (nSPS) is 27.7. The first-order valence-corrected chi connectivity index (χ1v) is 9.47. The molecule has 0 bridgehead atoms. The highest BCUT2D eigenvalue weighted by molar-refractivity contribution is 6.31. The summed E-state index contributed by atoms with van der Waals surface area (Å²) in [5.41, 5.74) is -0.447. The zero-order valence-corrected chi connectivity index (χ0v) is 15.9. The van der Waals surface area contributed by atoms with E-state index in [-0.39, 0.29) is 30.2 Å². The van der Waals surface area contributed by atoms with Gasteiger partial charge < -0.3 is 9.64 Å². The molecule has 0 saturated heterocycles. The lowest BCUT2D eigenvalue weighted by molar-refractivity contribution is -0.158. The molecule has 0 aromatic heterocycles. The Bertz CT molecular complexity index is 734. The number of hydrogen-bond donors (Lipinski definition) is 0. The fourth-order valence-electron chi connectivity index (χ4n) is 3.83. The molecule has 2 aliphatic rings. The van der Waals surface area contributed by atoms with Crippen molar-refractivity contribution in [3.05, 3.63) is 34.9 Å². The van der Waals surface area contributed by atoms with Gasteiger partial charge in [-0.3, -0.25) is 14.4 Å². The Morgan fingerprint density at radius 1 is 1.31 bits per heavy atom. The van der Waals surface area contributed by atoms with Crippen molar-refractivity contribution in [2.75, 3.05) is 13.7 Å². The molecule has 0 spiro atoms. The van der Waals surface area contributed by atoms with Crippen LogP contribution in [-0.2, 0) is 24.7 Å². The molecule has 3 atom stereocenters. The molecule has 2 fully saturated rings. The lowest BCUT2D eigenvalue weighted by Crippen LogP contribution is -2.55. The van der Waals surface area contributed by atoms with Gasteiger partial charge in [-0.1, -0.05) is 36.7 Å². The highest BCUT2D eigenvalue weighted by atomic mass is 35.5. The predicted molar refractivity (Wildman–Crippen MR) is 97.6 cm³/mol. The topological polar surface area (TPSA) is 63.7 Å². The van der Waals surface area contributed by atoms with E-state index in [2.05, 4.69) is 0 Å². The average Bonchev–Trinajstić information content (AvgIpc) is 3.37. The Hall–Kier alpha value is -1.88. The molecule has 6 heteroatoms. The van der Waals surface area contributed by atoms with Crippen LogP contribution in [0.1, 0.15) is 44.6 Å². The van der Waals surface area contributed by atoms with Gasteiger partial charge in [-0.2, -0.15) is 0 Å². The van der Waals surface area contributed by atoms with Crippen LogP contribution >= 0.6 is 11.6 Å². The zero-order chi connectivity index (χ0) is 18.9. The molecule has 0 unspecified atom stereocenters. The van der Waals surface area contributed by atoms with E-state index in [0.717, 1.165) is 19.3 Å². The highest BCUT2D eigenvalue weighted by Crippen LogP contribution is 2.42. The van der Waals surface area contributed by atoms with Crippen molar-refractivity contribution in [1.82, 2.24) is 4.90 Å². The first kappa shape index (κ1) is 18.9. The molecular formula is C20H24ClNO4. The Kier molecular flexibility index (Phi) is 5.37. The minimum absolute atomic E-state index is 0.0187. The van der Waals surface area contributed by atoms with Gasteiger partial charge >= 0.3 is 5.97 Å². The van der Waals surface area contributed by atoms with Crippen LogP contribution in [0.25, 0.3) is 0 Å². The summed E-state index contributed by atoms with van der Waals surface area (Å²) in [5.74, 6) is -0.510. The van der Waals surface area contributed by atoms with E-state index in [1.807, 2.05) is 13.0 Å². The number of likely N-dealkylation sites (N-methyl/N-ethyl adjacent to an activating group) is 1. The first-order valence-electron chi connectivity index (χ1n) is 9.09. The second-order valence-corrected chi connectivity index (χ2v) is 7.76. The predicted octanol–water partition coefficient (Wildman–Crippen LogP) is 3.34. The van der Waals surface area contributed by atoms with Crippen molar-refractivity contribution in [3.63, 3.8) is 0 Å². The number of amides is 1. The Labute approximate surface area is 158 Å². The number of nitrogens with zero attached hydrogens (tertiary/aromatic N) is 1. The molecule has 1 aromatic rings. The monoisotopic (exact) mass is 377 g/mol. The van der Waals surface area contributed by atoms with Crippen molar-refractivity contribution >= 4 is 29.3 Å². The maximum absolute atomic E-state index is 13.0. The van der Waals surface area contributed by atoms with E-state index in [9.17, 15) is 14.4 Å². The molecule has 26 heavy (non-hydrogen) atoms. The van der Waals surface area contributed by atoms with Gasteiger partial charge in [-0.05, 0) is 37.7 Å². The summed E-state index contributed by atoms with van der Waals surface area (Å²) < 4.78 is 5.18. The number of benzene rings is 1. The second kappa shape index (κ2) is 7.39. The van der Waals surface area contributed by atoms with Crippen LogP contribution in [0.5, 0.6) is 0 Å². The maximum Gasteiger partial charge on any atom is 0.309 e. The van der Waals surface area contributed by atoms with Gasteiger partial charge in [0.05, 0.1) is 5.92 Å². The average molecular weight is 378 g/mol. The van der Waals surface area contributed by atoms with Crippen LogP contribution in [0.15, 0.2) is 24.3 Å². The SMILES string of the molecule is C[C@@H]1C[C@@H]1C(=O)OCC(=O)N(C)[C@]1(c2ccccc2Cl)CCCCC1=O. The van der Waals surface area contributed by atoms with E-state index in [1.165, 1.54) is 4.90 Å². The molecule has 0 aliphatic heterocycles. The van der Waals surface area contributed by atoms with Crippen LogP contribution in [-0.4, -0.2) is 36.2 Å². The number of esters is 1. The number of Topliss-reactive ketones (excluding diaryl/α,β-unsaturated/α-hetero) is 1. The standard InChI is InChI=1S/C20H24ClNO4/c1-13-11-14(13)19(25)26-12-18(24)22(2)20(10-6-5-9-17(20)23)15-7-3-4-8-16(15)21/h3-4,7-8,13-14H,5-6,9-12H2,1-2H3/t13-,14+,20+/m1/s1. The molecule has 140 valence electrons. The lowest BCUT2D eigenvalue weighted by atomic mass is 9.74. The van der Waals surface area contributed by atoms with Gasteiger partial charge in [0.15, 0.2) is 12.4 Å². The van der Waals surface area contributed by atoms with E-state index in [1.54, 1.807) is 25.2 Å². The molecule has 5 nitrogen and oxygen atoms in total. The van der Waals surface area contributed by atoms with Gasteiger partial charge in [-0.25, -0.2) is 0 Å². The molecule has 2 saturated carbocycles. The molecule has 0 N–H and O–H groups in total. The largest absolute Gasteiger partial charge is 0.455 e. The van der Waals surface area contributed by atoms with Crippen molar-refractivity contribution in [1.29, 1.82) is 0 Å². The van der Waals surface area contributed by atoms with Gasteiger partial charge in [0.1, 0.15) is 5.54 Å². The molecule has 1 amide bonds. The maximum atomic E-state index is 13.0. The van der Waals surface area contributed by atoms with E-state index >= 15 is 0 Å².